The number of amides is 1. The predicted octanol–water partition coefficient (Wildman–Crippen LogP) is 3.56. The molecule has 1 heterocycles. The van der Waals surface area contributed by atoms with E-state index < -0.39 is 5.97 Å². The highest BCUT2D eigenvalue weighted by molar-refractivity contribution is 6.42. The van der Waals surface area contributed by atoms with Gasteiger partial charge in [-0.05, 0) is 41.8 Å². The number of benzene rings is 2. The van der Waals surface area contributed by atoms with Gasteiger partial charge in [0.1, 0.15) is 0 Å². The van der Waals surface area contributed by atoms with Gasteiger partial charge in [0, 0.05) is 26.2 Å². The molecule has 8 heteroatoms. The third kappa shape index (κ3) is 5.95. The second-order valence-corrected chi connectivity index (χ2v) is 8.17. The standard InChI is InChI=1S/C22H24Cl2N2O4/c1-14-16(3-2-4-18(14)22(28)29)10-21(27)25-11-17-13-26(7-8-30-17)12-15-5-6-19(23)20(24)9-15/h2-6,9,17H,7-8,10-13H2,1H3,(H,25,27)(H,28,29). The van der Waals surface area contributed by atoms with E-state index in [0.29, 0.717) is 40.9 Å². The van der Waals surface area contributed by atoms with Gasteiger partial charge in [-0.1, -0.05) is 41.4 Å². The van der Waals surface area contributed by atoms with Crippen molar-refractivity contribution in [2.45, 2.75) is 26.0 Å². The molecule has 2 aromatic carbocycles. The molecule has 0 saturated carbocycles. The molecule has 0 aliphatic carbocycles. The highest BCUT2D eigenvalue weighted by Gasteiger charge is 2.21. The molecule has 1 amide bonds. The van der Waals surface area contributed by atoms with Gasteiger partial charge >= 0.3 is 5.97 Å². The van der Waals surface area contributed by atoms with Crippen LogP contribution in [0.2, 0.25) is 10.0 Å². The van der Waals surface area contributed by atoms with Crippen molar-refractivity contribution < 1.29 is 19.4 Å². The number of halogens is 2. The van der Waals surface area contributed by atoms with E-state index in [0.717, 1.165) is 18.7 Å². The third-order valence-corrected chi connectivity index (χ3v) is 5.91. The van der Waals surface area contributed by atoms with Crippen LogP contribution in [0.25, 0.3) is 0 Å². The lowest BCUT2D eigenvalue weighted by Gasteiger charge is -2.33. The Bertz CT molecular complexity index is 935. The van der Waals surface area contributed by atoms with Crippen molar-refractivity contribution in [1.82, 2.24) is 10.2 Å². The van der Waals surface area contributed by atoms with E-state index in [2.05, 4.69) is 10.2 Å². The molecule has 30 heavy (non-hydrogen) atoms. The fourth-order valence-electron chi connectivity index (χ4n) is 3.51. The van der Waals surface area contributed by atoms with Crippen LogP contribution < -0.4 is 5.32 Å². The van der Waals surface area contributed by atoms with Gasteiger partial charge in [-0.15, -0.1) is 0 Å². The average Bonchev–Trinajstić information content (AvgIpc) is 2.71. The maximum atomic E-state index is 12.4. The summed E-state index contributed by atoms with van der Waals surface area (Å²) >= 11 is 12.1. The molecule has 0 bridgehead atoms. The fourth-order valence-corrected chi connectivity index (χ4v) is 3.83. The summed E-state index contributed by atoms with van der Waals surface area (Å²) in [6, 6.07) is 10.6. The second-order valence-electron chi connectivity index (χ2n) is 7.35. The van der Waals surface area contributed by atoms with Gasteiger partial charge in [-0.2, -0.15) is 0 Å². The number of nitrogens with one attached hydrogen (secondary N) is 1. The van der Waals surface area contributed by atoms with Crippen molar-refractivity contribution in [2.75, 3.05) is 26.2 Å². The number of aromatic carboxylic acids is 1. The number of hydrogen-bond acceptors (Lipinski definition) is 4. The summed E-state index contributed by atoms with van der Waals surface area (Å²) in [5.74, 6) is -1.15. The van der Waals surface area contributed by atoms with Gasteiger partial charge in [0.2, 0.25) is 5.91 Å². The number of hydrogen-bond donors (Lipinski definition) is 2. The molecule has 0 spiro atoms. The Kier molecular flexibility index (Phi) is 7.72. The minimum absolute atomic E-state index is 0.114. The lowest BCUT2D eigenvalue weighted by molar-refractivity contribution is -0.121. The van der Waals surface area contributed by atoms with Crippen molar-refractivity contribution in [1.29, 1.82) is 0 Å². The maximum absolute atomic E-state index is 12.4. The first-order valence-corrected chi connectivity index (χ1v) is 10.5. The van der Waals surface area contributed by atoms with Crippen LogP contribution in [0, 0.1) is 6.92 Å². The number of nitrogens with zero attached hydrogens (tertiary/aromatic N) is 1. The van der Waals surface area contributed by atoms with Crippen LogP contribution in [0.3, 0.4) is 0 Å². The smallest absolute Gasteiger partial charge is 0.335 e. The molecule has 0 aromatic heterocycles. The zero-order valence-electron chi connectivity index (χ0n) is 16.7. The molecular formula is C22H24Cl2N2O4. The van der Waals surface area contributed by atoms with E-state index in [4.69, 9.17) is 27.9 Å². The number of carboxylic acids is 1. The van der Waals surface area contributed by atoms with E-state index in [1.807, 2.05) is 12.1 Å². The number of ether oxygens (including phenoxy) is 1. The third-order valence-electron chi connectivity index (χ3n) is 5.17. The SMILES string of the molecule is Cc1c(CC(=O)NCC2CN(Cc3ccc(Cl)c(Cl)c3)CCO2)cccc1C(=O)O. The molecule has 1 aliphatic rings. The average molecular weight is 451 g/mol. The van der Waals surface area contributed by atoms with Crippen molar-refractivity contribution in [3.63, 3.8) is 0 Å². The zero-order valence-corrected chi connectivity index (χ0v) is 18.2. The summed E-state index contributed by atoms with van der Waals surface area (Å²) in [7, 11) is 0. The summed E-state index contributed by atoms with van der Waals surface area (Å²) in [6.07, 6.45) is 0.0176. The Hall–Kier alpha value is -2.12. The van der Waals surface area contributed by atoms with Gasteiger partial charge in [0.15, 0.2) is 0 Å². The lowest BCUT2D eigenvalue weighted by atomic mass is 10.00. The molecule has 1 unspecified atom stereocenters. The minimum Gasteiger partial charge on any atom is -0.478 e. The molecule has 3 rings (SSSR count). The Morgan fingerprint density at radius 3 is 2.77 bits per heavy atom. The first-order valence-electron chi connectivity index (χ1n) is 9.70. The lowest BCUT2D eigenvalue weighted by Crippen LogP contribution is -2.47. The minimum atomic E-state index is -0.993. The molecular weight excluding hydrogens is 427 g/mol. The van der Waals surface area contributed by atoms with Gasteiger partial charge in [-0.25, -0.2) is 4.79 Å². The normalized spacial score (nSPS) is 17.0. The Morgan fingerprint density at radius 1 is 1.23 bits per heavy atom. The van der Waals surface area contributed by atoms with Crippen molar-refractivity contribution >= 4 is 35.1 Å². The van der Waals surface area contributed by atoms with Gasteiger partial charge in [-0.3, -0.25) is 9.69 Å². The van der Waals surface area contributed by atoms with E-state index in [9.17, 15) is 14.7 Å². The molecule has 0 radical (unpaired) electrons. The summed E-state index contributed by atoms with van der Waals surface area (Å²) in [4.78, 5) is 25.9. The van der Waals surface area contributed by atoms with Crippen molar-refractivity contribution in [2.24, 2.45) is 0 Å². The van der Waals surface area contributed by atoms with E-state index in [1.165, 1.54) is 6.07 Å². The molecule has 160 valence electrons. The summed E-state index contributed by atoms with van der Waals surface area (Å²) in [6.45, 7) is 4.92. The van der Waals surface area contributed by atoms with Crippen LogP contribution in [0.4, 0.5) is 0 Å². The number of carboxylic acid groups (broad SMARTS) is 1. The quantitative estimate of drug-likeness (QED) is 0.673. The molecule has 1 fully saturated rings. The molecule has 2 N–H and O–H groups in total. The predicted molar refractivity (Wildman–Crippen MR) is 116 cm³/mol. The summed E-state index contributed by atoms with van der Waals surface area (Å²) in [5, 5.41) is 13.2. The van der Waals surface area contributed by atoms with Crippen LogP contribution in [-0.2, 0) is 22.5 Å². The number of rotatable bonds is 7. The highest BCUT2D eigenvalue weighted by Crippen LogP contribution is 2.23. The van der Waals surface area contributed by atoms with E-state index in [1.54, 1.807) is 25.1 Å². The highest BCUT2D eigenvalue weighted by atomic mass is 35.5. The largest absolute Gasteiger partial charge is 0.478 e. The van der Waals surface area contributed by atoms with Crippen molar-refractivity contribution in [3.05, 3.63) is 68.7 Å². The Balaban J connectivity index is 1.50. The summed E-state index contributed by atoms with van der Waals surface area (Å²) < 4.78 is 5.78. The first-order chi connectivity index (χ1) is 14.3. The number of carbonyl (C=O) groups is 2. The van der Waals surface area contributed by atoms with Gasteiger partial charge in [0.25, 0.3) is 0 Å². The molecule has 1 saturated heterocycles. The zero-order chi connectivity index (χ0) is 21.7. The second kappa shape index (κ2) is 10.3. The van der Waals surface area contributed by atoms with Gasteiger partial charge in [0.05, 0.1) is 34.7 Å². The monoisotopic (exact) mass is 450 g/mol. The topological polar surface area (TPSA) is 78.9 Å². The number of carbonyl (C=O) groups excluding carboxylic acids is 1. The van der Waals surface area contributed by atoms with Crippen LogP contribution in [0.15, 0.2) is 36.4 Å². The first kappa shape index (κ1) is 22.6. The van der Waals surface area contributed by atoms with Crippen molar-refractivity contribution in [3.8, 4) is 0 Å². The molecule has 2 aromatic rings. The fraction of sp³-hybridized carbons (Fsp3) is 0.364. The van der Waals surface area contributed by atoms with Crippen LogP contribution in [0.5, 0.6) is 0 Å². The van der Waals surface area contributed by atoms with Crippen LogP contribution >= 0.6 is 23.2 Å². The number of morpholine rings is 1. The maximum Gasteiger partial charge on any atom is 0.335 e. The van der Waals surface area contributed by atoms with Crippen LogP contribution in [0.1, 0.15) is 27.0 Å². The Morgan fingerprint density at radius 2 is 2.03 bits per heavy atom. The van der Waals surface area contributed by atoms with E-state index >= 15 is 0 Å². The molecule has 6 nitrogen and oxygen atoms in total. The Labute approximate surface area is 185 Å². The van der Waals surface area contributed by atoms with Crippen LogP contribution in [-0.4, -0.2) is 54.2 Å². The van der Waals surface area contributed by atoms with E-state index in [-0.39, 0.29) is 24.0 Å². The van der Waals surface area contributed by atoms with Gasteiger partial charge < -0.3 is 15.2 Å². The molecule has 1 atom stereocenters. The molecule has 1 aliphatic heterocycles. The summed E-state index contributed by atoms with van der Waals surface area (Å²) in [5.41, 5.74) is 2.61.